The zero-order valence-corrected chi connectivity index (χ0v) is 33.7. The van der Waals surface area contributed by atoms with Crippen molar-refractivity contribution in [2.24, 2.45) is 11.3 Å². The van der Waals surface area contributed by atoms with Crippen LogP contribution in [0.15, 0.2) is 24.5 Å². The van der Waals surface area contributed by atoms with Crippen molar-refractivity contribution < 1.29 is 22.7 Å². The third-order valence-corrected chi connectivity index (χ3v) is 14.1. The van der Waals surface area contributed by atoms with Gasteiger partial charge in [0.1, 0.15) is 47.3 Å². The highest BCUT2D eigenvalue weighted by Crippen LogP contribution is 2.52. The van der Waals surface area contributed by atoms with Gasteiger partial charge in [0, 0.05) is 59.9 Å². The van der Waals surface area contributed by atoms with E-state index in [0.29, 0.717) is 37.3 Å². The van der Waals surface area contributed by atoms with Gasteiger partial charge in [-0.3, -0.25) is 4.90 Å². The molecule has 2 N–H and O–H groups in total. The van der Waals surface area contributed by atoms with Crippen LogP contribution in [0.1, 0.15) is 58.4 Å². The van der Waals surface area contributed by atoms with Crippen molar-refractivity contribution in [3.05, 3.63) is 52.0 Å². The summed E-state index contributed by atoms with van der Waals surface area (Å²) in [5, 5.41) is 14.6. The summed E-state index contributed by atoms with van der Waals surface area (Å²) in [5.41, 5.74) is 5.34. The van der Waals surface area contributed by atoms with Crippen LogP contribution in [0.5, 0.6) is 6.01 Å². The third kappa shape index (κ3) is 5.98. The summed E-state index contributed by atoms with van der Waals surface area (Å²) >= 11 is 13.9. The van der Waals surface area contributed by atoms with Gasteiger partial charge in [-0.05, 0) is 74.4 Å². The Kier molecular flexibility index (Phi) is 9.26. The number of carbonyl (C=O) groups is 1. The number of likely N-dealkylation sites (tertiary alicyclic amines) is 1. The first-order valence-electron chi connectivity index (χ1n) is 19.0. The quantitative estimate of drug-likeness (QED) is 0.178. The Labute approximate surface area is 340 Å². The first kappa shape index (κ1) is 38.1. The van der Waals surface area contributed by atoms with Crippen LogP contribution < -0.4 is 15.4 Å². The van der Waals surface area contributed by atoms with Crippen molar-refractivity contribution in [2.45, 2.75) is 76.7 Å². The van der Waals surface area contributed by atoms with E-state index in [1.807, 2.05) is 6.07 Å². The maximum atomic E-state index is 17.4. The van der Waals surface area contributed by atoms with Crippen LogP contribution in [0, 0.1) is 34.3 Å². The Morgan fingerprint density at radius 3 is 2.75 bits per heavy atom. The van der Waals surface area contributed by atoms with Crippen molar-refractivity contribution in [3.8, 4) is 23.2 Å². The van der Waals surface area contributed by atoms with Crippen molar-refractivity contribution in [1.29, 1.82) is 5.26 Å². The van der Waals surface area contributed by atoms with Gasteiger partial charge in [-0.2, -0.15) is 19.9 Å². The predicted octanol–water partition coefficient (Wildman–Crippen LogP) is 8.08. The average molecular weight is 840 g/mol. The van der Waals surface area contributed by atoms with E-state index < -0.39 is 23.3 Å². The second-order valence-corrected chi connectivity index (χ2v) is 18.1. The lowest BCUT2D eigenvalue weighted by Gasteiger charge is -2.63. The zero-order valence-electron chi connectivity index (χ0n) is 31.4. The SMILES string of the molecule is CC(C)[C@H]1N(C(=O)n2cnc(Cl)n2)C[C@]12CC[C@@H](C)N(c1nc(OC[C@@]34CCCN3C[C@H](F)C4)nc3c(F)c(-c4ccc(F)c5sc(N)c(C#N)c45)c(Cl)cc13)C2. The van der Waals surface area contributed by atoms with Crippen LogP contribution in [0.2, 0.25) is 10.3 Å². The average Bonchev–Trinajstić information content (AvgIpc) is 3.92. The molecule has 4 saturated heterocycles. The van der Waals surface area contributed by atoms with Crippen molar-refractivity contribution in [1.82, 2.24) is 34.5 Å². The molecule has 0 radical (unpaired) electrons. The smallest absolute Gasteiger partial charge is 0.346 e. The first-order chi connectivity index (χ1) is 27.2. The van der Waals surface area contributed by atoms with Gasteiger partial charge in [0.25, 0.3) is 0 Å². The van der Waals surface area contributed by atoms with E-state index in [9.17, 15) is 14.4 Å². The van der Waals surface area contributed by atoms with Crippen LogP contribution in [0.4, 0.5) is 28.8 Å². The maximum absolute atomic E-state index is 17.4. The lowest BCUT2D eigenvalue weighted by Crippen LogP contribution is -2.73. The second kappa shape index (κ2) is 13.9. The molecule has 0 unspecified atom stereocenters. The molecule has 18 heteroatoms. The molecule has 9 rings (SSSR count). The molecule has 0 bridgehead atoms. The highest BCUT2D eigenvalue weighted by molar-refractivity contribution is 7.23. The molecule has 298 valence electrons. The number of piperidine rings is 1. The highest BCUT2D eigenvalue weighted by Gasteiger charge is 2.58. The van der Waals surface area contributed by atoms with Gasteiger partial charge in [0.05, 0.1) is 20.8 Å². The maximum Gasteiger partial charge on any atom is 0.346 e. The summed E-state index contributed by atoms with van der Waals surface area (Å²) < 4.78 is 54.9. The van der Waals surface area contributed by atoms with E-state index in [1.54, 1.807) is 11.0 Å². The third-order valence-electron chi connectivity index (χ3n) is 12.6. The number of nitrogens with two attached hydrogens (primary N) is 1. The van der Waals surface area contributed by atoms with Crippen LogP contribution >= 0.6 is 34.5 Å². The number of nitrogen functional groups attached to an aromatic ring is 1. The molecule has 4 aliphatic heterocycles. The molecule has 1 spiro atoms. The van der Waals surface area contributed by atoms with Crippen LogP contribution in [0.25, 0.3) is 32.1 Å². The van der Waals surface area contributed by atoms with Gasteiger partial charge in [0.2, 0.25) is 5.28 Å². The Hall–Kier alpha value is -4.43. The molecule has 5 aromatic rings. The lowest BCUT2D eigenvalue weighted by molar-refractivity contribution is -0.0773. The zero-order chi connectivity index (χ0) is 40.1. The summed E-state index contributed by atoms with van der Waals surface area (Å²) in [7, 11) is 0. The molecule has 57 heavy (non-hydrogen) atoms. The number of anilines is 2. The molecular weight excluding hydrogens is 800 g/mol. The number of carbonyl (C=O) groups excluding carboxylic acids is 1. The van der Waals surface area contributed by atoms with E-state index in [4.69, 9.17) is 38.7 Å². The highest BCUT2D eigenvalue weighted by atomic mass is 35.5. The molecule has 12 nitrogen and oxygen atoms in total. The molecule has 5 atom stereocenters. The molecule has 4 aliphatic rings. The number of hydrogen-bond acceptors (Lipinski definition) is 11. The molecule has 4 fully saturated rings. The Morgan fingerprint density at radius 1 is 1.21 bits per heavy atom. The molecule has 1 amide bonds. The van der Waals surface area contributed by atoms with Crippen LogP contribution in [-0.2, 0) is 0 Å². The number of halogens is 5. The number of hydrogen-bond donors (Lipinski definition) is 1. The summed E-state index contributed by atoms with van der Waals surface area (Å²) in [5.74, 6) is -0.920. The number of benzene rings is 2. The van der Waals surface area contributed by atoms with E-state index in [-0.39, 0.29) is 89.7 Å². The molecule has 3 aromatic heterocycles. The minimum Gasteiger partial charge on any atom is -0.461 e. The minimum absolute atomic E-state index is 0.00635. The fraction of sp³-hybridized carbons (Fsp3) is 0.487. The predicted molar refractivity (Wildman–Crippen MR) is 213 cm³/mol. The number of ether oxygens (including phenoxy) is 1. The summed E-state index contributed by atoms with van der Waals surface area (Å²) in [6, 6.07) is 5.61. The standard InChI is InChI=1S/C39H39Cl2F3N10O2S/c1-19(2)32-38(16-53(32)37(55)54-18-47-35(41)50-54)9-7-20(3)52(15-38)34-23-11-25(40)28(22-5-6-26(43)31-27(22)24(13-45)33(46)57-31)29(44)30(23)48-36(49-34)56-17-39-8-4-10-51(39)14-21(42)12-39/h5-6,11,18-21,32H,4,7-10,12,14-17,46H2,1-3H3/t20-,21-,32-,38-,39+/m1/s1. The number of amides is 1. The Balaban J connectivity index is 1.17. The van der Waals surface area contributed by atoms with Gasteiger partial charge in [0.15, 0.2) is 5.82 Å². The van der Waals surface area contributed by atoms with Crippen molar-refractivity contribution in [2.75, 3.05) is 43.4 Å². The van der Waals surface area contributed by atoms with Gasteiger partial charge >= 0.3 is 12.0 Å². The molecule has 0 aliphatic carbocycles. The van der Waals surface area contributed by atoms with Gasteiger partial charge in [-0.1, -0.05) is 31.5 Å². The molecular formula is C39H39Cl2F3N10O2S. The van der Waals surface area contributed by atoms with E-state index in [2.05, 4.69) is 45.6 Å². The van der Waals surface area contributed by atoms with Crippen molar-refractivity contribution in [3.63, 3.8) is 0 Å². The normalized spacial score (nSPS) is 26.1. The van der Waals surface area contributed by atoms with E-state index in [0.717, 1.165) is 48.2 Å². The molecule has 7 heterocycles. The molecule has 0 saturated carbocycles. The summed E-state index contributed by atoms with van der Waals surface area (Å²) in [6.07, 6.45) is 3.89. The first-order valence-corrected chi connectivity index (χ1v) is 20.6. The minimum atomic E-state index is -0.976. The van der Waals surface area contributed by atoms with Crippen LogP contribution in [0.3, 0.4) is 0 Å². The fourth-order valence-corrected chi connectivity index (χ4v) is 11.6. The number of alkyl halides is 1. The van der Waals surface area contributed by atoms with Gasteiger partial charge in [-0.15, -0.1) is 16.4 Å². The van der Waals surface area contributed by atoms with Gasteiger partial charge in [-0.25, -0.2) is 22.9 Å². The fourth-order valence-electron chi connectivity index (χ4n) is 10.2. The van der Waals surface area contributed by atoms with Gasteiger partial charge < -0.3 is 20.3 Å². The number of nitrogens with zero attached hydrogens (tertiary/aromatic N) is 9. The molecule has 2 aromatic carbocycles. The van der Waals surface area contributed by atoms with E-state index in [1.165, 1.54) is 18.5 Å². The van der Waals surface area contributed by atoms with E-state index >= 15 is 8.78 Å². The second-order valence-electron chi connectivity index (χ2n) is 16.3. The largest absolute Gasteiger partial charge is 0.461 e. The Bertz CT molecular complexity index is 2510. The van der Waals surface area contributed by atoms with Crippen molar-refractivity contribution >= 4 is 72.4 Å². The van der Waals surface area contributed by atoms with Crippen LogP contribution in [-0.4, -0.2) is 97.1 Å². The topological polar surface area (TPSA) is 142 Å². The number of thiophene rings is 1. The summed E-state index contributed by atoms with van der Waals surface area (Å²) in [4.78, 5) is 33.2. The number of aromatic nitrogens is 5. The monoisotopic (exact) mass is 838 g/mol. The number of nitriles is 1. The number of rotatable bonds is 6. The lowest BCUT2D eigenvalue weighted by atomic mass is 9.62. The summed E-state index contributed by atoms with van der Waals surface area (Å²) in [6.45, 7) is 8.37. The Morgan fingerprint density at radius 2 is 2.02 bits per heavy atom. The number of fused-ring (bicyclic) bond motifs is 3.